The molecule has 1 unspecified atom stereocenters. The number of thioether (sulfide) groups is 1. The molecule has 24 heavy (non-hydrogen) atoms. The molecule has 9 heteroatoms. The number of benzene rings is 1. The van der Waals surface area contributed by atoms with Gasteiger partial charge in [-0.25, -0.2) is 4.98 Å². The van der Waals surface area contributed by atoms with Crippen LogP contribution in [0.15, 0.2) is 40.0 Å². The summed E-state index contributed by atoms with van der Waals surface area (Å²) in [6.45, 7) is 3.53. The van der Waals surface area contributed by atoms with E-state index in [9.17, 15) is 4.79 Å². The van der Waals surface area contributed by atoms with Gasteiger partial charge in [0.2, 0.25) is 11.1 Å². The smallest absolute Gasteiger partial charge is 0.238 e. The first-order valence-corrected chi connectivity index (χ1v) is 8.36. The highest BCUT2D eigenvalue weighted by molar-refractivity contribution is 8.00. The number of rotatable bonds is 5. The predicted molar refractivity (Wildman–Crippen MR) is 92.0 cm³/mol. The maximum absolute atomic E-state index is 12.1. The Morgan fingerprint density at radius 1 is 1.38 bits per heavy atom. The van der Waals surface area contributed by atoms with Gasteiger partial charge in [0.05, 0.1) is 5.25 Å². The fourth-order valence-corrected chi connectivity index (χ4v) is 2.75. The molecule has 2 aromatic heterocycles. The lowest BCUT2D eigenvalue weighted by Gasteiger charge is -2.07. The summed E-state index contributed by atoms with van der Waals surface area (Å²) in [4.78, 5) is 16.5. The second kappa shape index (κ2) is 7.06. The van der Waals surface area contributed by atoms with Crippen molar-refractivity contribution < 1.29 is 9.32 Å². The number of amides is 1. The van der Waals surface area contributed by atoms with Crippen molar-refractivity contribution in [2.24, 2.45) is 0 Å². The third-order valence-electron chi connectivity index (χ3n) is 3.11. The zero-order valence-corrected chi connectivity index (χ0v) is 14.5. The number of nitrogens with zero attached hydrogens (tertiary/aromatic N) is 3. The Hall–Kier alpha value is -2.32. The van der Waals surface area contributed by atoms with Gasteiger partial charge in [-0.15, -0.1) is 5.10 Å². The van der Waals surface area contributed by atoms with Gasteiger partial charge >= 0.3 is 0 Å². The highest BCUT2D eigenvalue weighted by Crippen LogP contribution is 2.24. The molecular formula is C15H14ClN5O2S. The summed E-state index contributed by atoms with van der Waals surface area (Å²) in [5, 5.41) is 14.1. The molecule has 0 spiro atoms. The van der Waals surface area contributed by atoms with Crippen molar-refractivity contribution in [2.75, 3.05) is 5.32 Å². The molecule has 0 aliphatic carbocycles. The van der Waals surface area contributed by atoms with Crippen molar-refractivity contribution in [3.63, 3.8) is 0 Å². The van der Waals surface area contributed by atoms with Crippen LogP contribution in [0.25, 0.3) is 11.4 Å². The molecule has 0 saturated carbocycles. The Morgan fingerprint density at radius 2 is 2.12 bits per heavy atom. The third-order valence-corrected chi connectivity index (χ3v) is 4.33. The summed E-state index contributed by atoms with van der Waals surface area (Å²) in [6.07, 6.45) is 0. The van der Waals surface area contributed by atoms with Gasteiger partial charge in [0.1, 0.15) is 5.76 Å². The number of nitrogens with one attached hydrogen (secondary N) is 2. The molecule has 3 aromatic rings. The Balaban J connectivity index is 1.63. The SMILES string of the molecule is Cc1cc(NC(=O)C(C)Sc2n[nH]c(-c3ccc(Cl)cc3)n2)no1. The number of carbonyl (C=O) groups is 1. The number of hydrogen-bond donors (Lipinski definition) is 2. The number of aryl methyl sites for hydroxylation is 1. The summed E-state index contributed by atoms with van der Waals surface area (Å²) in [5.74, 6) is 1.44. The number of carbonyl (C=O) groups excluding carboxylic acids is 1. The number of halogens is 1. The van der Waals surface area contributed by atoms with Gasteiger partial charge < -0.3 is 9.84 Å². The number of anilines is 1. The van der Waals surface area contributed by atoms with Crippen LogP contribution in [0, 0.1) is 6.92 Å². The van der Waals surface area contributed by atoms with E-state index < -0.39 is 5.25 Å². The summed E-state index contributed by atoms with van der Waals surface area (Å²) < 4.78 is 4.91. The maximum Gasteiger partial charge on any atom is 0.238 e. The van der Waals surface area contributed by atoms with Crippen LogP contribution in [0.2, 0.25) is 5.02 Å². The second-order valence-electron chi connectivity index (χ2n) is 5.05. The monoisotopic (exact) mass is 363 g/mol. The first-order valence-electron chi connectivity index (χ1n) is 7.10. The van der Waals surface area contributed by atoms with Crippen LogP contribution < -0.4 is 5.32 Å². The topological polar surface area (TPSA) is 96.7 Å². The van der Waals surface area contributed by atoms with Gasteiger partial charge in [0, 0.05) is 16.7 Å². The molecular weight excluding hydrogens is 350 g/mol. The van der Waals surface area contributed by atoms with Gasteiger partial charge in [-0.1, -0.05) is 28.5 Å². The van der Waals surface area contributed by atoms with E-state index in [4.69, 9.17) is 16.1 Å². The van der Waals surface area contributed by atoms with Crippen LogP contribution in [0.4, 0.5) is 5.82 Å². The fraction of sp³-hybridized carbons (Fsp3) is 0.200. The number of hydrogen-bond acceptors (Lipinski definition) is 6. The van der Waals surface area contributed by atoms with Gasteiger partial charge in [0.25, 0.3) is 0 Å². The van der Waals surface area contributed by atoms with Crippen molar-refractivity contribution >= 4 is 35.1 Å². The summed E-state index contributed by atoms with van der Waals surface area (Å²) in [7, 11) is 0. The largest absolute Gasteiger partial charge is 0.360 e. The number of H-pyrrole nitrogens is 1. The van der Waals surface area contributed by atoms with E-state index in [1.54, 1.807) is 32.0 Å². The molecule has 0 aliphatic rings. The average Bonchev–Trinajstić information content (AvgIpc) is 3.17. The molecule has 1 aromatic carbocycles. The van der Waals surface area contributed by atoms with E-state index in [1.165, 1.54) is 11.8 Å². The highest BCUT2D eigenvalue weighted by Gasteiger charge is 2.18. The van der Waals surface area contributed by atoms with Crippen molar-refractivity contribution in [1.29, 1.82) is 0 Å². The molecule has 0 fully saturated rings. The van der Waals surface area contributed by atoms with E-state index in [2.05, 4.69) is 25.7 Å². The first kappa shape index (κ1) is 16.5. The lowest BCUT2D eigenvalue weighted by atomic mass is 10.2. The Morgan fingerprint density at radius 3 is 2.79 bits per heavy atom. The minimum absolute atomic E-state index is 0.203. The minimum Gasteiger partial charge on any atom is -0.360 e. The number of aromatic amines is 1. The summed E-state index contributed by atoms with van der Waals surface area (Å²) >= 11 is 7.12. The molecule has 2 heterocycles. The van der Waals surface area contributed by atoms with Gasteiger partial charge in [0.15, 0.2) is 11.6 Å². The van der Waals surface area contributed by atoms with Crippen LogP contribution in [-0.2, 0) is 4.79 Å². The van der Waals surface area contributed by atoms with Crippen LogP contribution in [0.5, 0.6) is 0 Å². The van der Waals surface area contributed by atoms with E-state index in [0.29, 0.717) is 27.6 Å². The van der Waals surface area contributed by atoms with E-state index in [1.807, 2.05) is 12.1 Å². The molecule has 0 bridgehead atoms. The van der Waals surface area contributed by atoms with E-state index >= 15 is 0 Å². The lowest BCUT2D eigenvalue weighted by molar-refractivity contribution is -0.115. The molecule has 1 atom stereocenters. The van der Waals surface area contributed by atoms with Crippen LogP contribution in [0.1, 0.15) is 12.7 Å². The van der Waals surface area contributed by atoms with E-state index in [-0.39, 0.29) is 5.91 Å². The summed E-state index contributed by atoms with van der Waals surface area (Å²) in [5.41, 5.74) is 0.869. The Bertz CT molecular complexity index is 846. The van der Waals surface area contributed by atoms with Gasteiger partial charge in [-0.05, 0) is 38.1 Å². The predicted octanol–water partition coefficient (Wildman–Crippen LogP) is 3.54. The van der Waals surface area contributed by atoms with Crippen molar-refractivity contribution in [2.45, 2.75) is 24.3 Å². The zero-order chi connectivity index (χ0) is 17.1. The summed E-state index contributed by atoms with van der Waals surface area (Å²) in [6, 6.07) is 8.91. The molecule has 124 valence electrons. The third kappa shape index (κ3) is 3.95. The zero-order valence-electron chi connectivity index (χ0n) is 12.9. The second-order valence-corrected chi connectivity index (χ2v) is 6.79. The lowest BCUT2D eigenvalue weighted by Crippen LogP contribution is -2.22. The van der Waals surface area contributed by atoms with E-state index in [0.717, 1.165) is 5.56 Å². The van der Waals surface area contributed by atoms with Crippen LogP contribution >= 0.6 is 23.4 Å². The van der Waals surface area contributed by atoms with Gasteiger partial charge in [-0.2, -0.15) is 0 Å². The van der Waals surface area contributed by atoms with Crippen molar-refractivity contribution in [1.82, 2.24) is 20.3 Å². The molecule has 0 saturated heterocycles. The van der Waals surface area contributed by atoms with Gasteiger partial charge in [-0.3, -0.25) is 9.89 Å². The minimum atomic E-state index is -0.393. The average molecular weight is 364 g/mol. The van der Waals surface area contributed by atoms with Crippen LogP contribution in [0.3, 0.4) is 0 Å². The maximum atomic E-state index is 12.1. The molecule has 7 nitrogen and oxygen atoms in total. The highest BCUT2D eigenvalue weighted by atomic mass is 35.5. The quantitative estimate of drug-likeness (QED) is 0.673. The molecule has 2 N–H and O–H groups in total. The Labute approximate surface area is 147 Å². The molecule has 3 rings (SSSR count). The Kier molecular flexibility index (Phi) is 4.86. The standard InChI is InChI=1S/C15H14ClN5O2S/c1-8-7-12(21-23-8)17-14(22)9(2)24-15-18-13(19-20-15)10-3-5-11(16)6-4-10/h3-7,9H,1-2H3,(H,17,21,22)(H,18,19,20). The first-order chi connectivity index (χ1) is 11.5. The molecule has 0 radical (unpaired) electrons. The number of aromatic nitrogens is 4. The molecule has 1 amide bonds. The van der Waals surface area contributed by atoms with Crippen molar-refractivity contribution in [3.8, 4) is 11.4 Å². The fourth-order valence-electron chi connectivity index (χ4n) is 1.90. The van der Waals surface area contributed by atoms with Crippen molar-refractivity contribution in [3.05, 3.63) is 41.1 Å². The molecule has 0 aliphatic heterocycles. The van der Waals surface area contributed by atoms with Crippen LogP contribution in [-0.4, -0.2) is 31.5 Å². The normalized spacial score (nSPS) is 12.1.